The van der Waals surface area contributed by atoms with Gasteiger partial charge in [0.25, 0.3) is 0 Å². The normalized spacial score (nSPS) is 45.8. The first-order valence-corrected chi connectivity index (χ1v) is 6.96. The number of hydrogen-bond donors (Lipinski definition) is 0. The molecule has 4 atom stereocenters. The molecule has 1 aliphatic heterocycles. The molecule has 1 spiro atoms. The van der Waals surface area contributed by atoms with Gasteiger partial charge in [-0.1, -0.05) is 38.3 Å². The van der Waals surface area contributed by atoms with Gasteiger partial charge >= 0.3 is 0 Å². The molecule has 0 radical (unpaired) electrons. The highest BCUT2D eigenvalue weighted by molar-refractivity contribution is 5.21. The summed E-state index contributed by atoms with van der Waals surface area (Å²) in [5, 5.41) is 0. The molecular formula is C15H24O. The van der Waals surface area contributed by atoms with Gasteiger partial charge in [-0.15, -0.1) is 0 Å². The highest BCUT2D eigenvalue weighted by atomic mass is 16.5. The third-order valence-electron chi connectivity index (χ3n) is 5.47. The van der Waals surface area contributed by atoms with E-state index in [1.165, 1.54) is 25.7 Å². The van der Waals surface area contributed by atoms with Crippen LogP contribution in [0.1, 0.15) is 46.5 Å². The van der Waals surface area contributed by atoms with Crippen molar-refractivity contribution in [3.05, 3.63) is 11.6 Å². The molecule has 0 aromatic heterocycles. The molecule has 1 saturated carbocycles. The average molecular weight is 220 g/mol. The second kappa shape index (κ2) is 3.60. The molecular weight excluding hydrogens is 196 g/mol. The largest absolute Gasteiger partial charge is 0.374 e. The molecule has 90 valence electrons. The zero-order valence-corrected chi connectivity index (χ0v) is 10.8. The van der Waals surface area contributed by atoms with Crippen molar-refractivity contribution in [1.82, 2.24) is 0 Å². The SMILES string of the molecule is CC1=C[C@H](C)[C@H]2COC3(CCCC3)[C@H]1[C@H]2C. The van der Waals surface area contributed by atoms with E-state index in [1.54, 1.807) is 5.57 Å². The van der Waals surface area contributed by atoms with E-state index in [4.69, 9.17) is 4.74 Å². The molecule has 0 amide bonds. The molecule has 0 unspecified atom stereocenters. The van der Waals surface area contributed by atoms with Crippen LogP contribution in [-0.2, 0) is 4.74 Å². The van der Waals surface area contributed by atoms with Gasteiger partial charge in [0.2, 0.25) is 0 Å². The Hall–Kier alpha value is -0.300. The van der Waals surface area contributed by atoms with Crippen molar-refractivity contribution in [3.63, 3.8) is 0 Å². The lowest BCUT2D eigenvalue weighted by Crippen LogP contribution is -2.53. The molecule has 3 aliphatic rings. The maximum Gasteiger partial charge on any atom is 0.0750 e. The van der Waals surface area contributed by atoms with E-state index in [-0.39, 0.29) is 5.60 Å². The van der Waals surface area contributed by atoms with Gasteiger partial charge in [0, 0.05) is 5.92 Å². The van der Waals surface area contributed by atoms with E-state index in [0.29, 0.717) is 11.8 Å². The van der Waals surface area contributed by atoms with Crippen LogP contribution in [0.3, 0.4) is 0 Å². The van der Waals surface area contributed by atoms with Crippen LogP contribution in [0.5, 0.6) is 0 Å². The van der Waals surface area contributed by atoms with Crippen LogP contribution in [0, 0.1) is 23.7 Å². The quantitative estimate of drug-likeness (QED) is 0.564. The smallest absolute Gasteiger partial charge is 0.0750 e. The lowest BCUT2D eigenvalue weighted by molar-refractivity contribution is -0.160. The first kappa shape index (κ1) is 10.8. The van der Waals surface area contributed by atoms with Gasteiger partial charge in [-0.05, 0) is 37.5 Å². The molecule has 0 aromatic carbocycles. The van der Waals surface area contributed by atoms with Crippen LogP contribution in [-0.4, -0.2) is 12.2 Å². The summed E-state index contributed by atoms with van der Waals surface area (Å²) < 4.78 is 6.36. The highest BCUT2D eigenvalue weighted by Crippen LogP contribution is 2.54. The zero-order chi connectivity index (χ0) is 11.3. The van der Waals surface area contributed by atoms with Gasteiger partial charge in [-0.3, -0.25) is 0 Å². The summed E-state index contributed by atoms with van der Waals surface area (Å²) >= 11 is 0. The maximum absolute atomic E-state index is 6.36. The van der Waals surface area contributed by atoms with Gasteiger partial charge in [-0.25, -0.2) is 0 Å². The Balaban J connectivity index is 1.99. The van der Waals surface area contributed by atoms with Gasteiger partial charge < -0.3 is 4.74 Å². The Morgan fingerprint density at radius 1 is 1.25 bits per heavy atom. The molecule has 2 fully saturated rings. The first-order valence-electron chi connectivity index (χ1n) is 6.96. The van der Waals surface area contributed by atoms with Gasteiger partial charge in [-0.2, -0.15) is 0 Å². The van der Waals surface area contributed by atoms with Crippen molar-refractivity contribution in [2.75, 3.05) is 6.61 Å². The number of hydrogen-bond acceptors (Lipinski definition) is 1. The van der Waals surface area contributed by atoms with Gasteiger partial charge in [0.1, 0.15) is 0 Å². The first-order chi connectivity index (χ1) is 7.64. The average Bonchev–Trinajstić information content (AvgIpc) is 2.65. The van der Waals surface area contributed by atoms with E-state index in [2.05, 4.69) is 26.8 Å². The van der Waals surface area contributed by atoms with Crippen LogP contribution in [0.2, 0.25) is 0 Å². The molecule has 1 saturated heterocycles. The fraction of sp³-hybridized carbons (Fsp3) is 0.867. The minimum atomic E-state index is 0.233. The van der Waals surface area contributed by atoms with E-state index in [9.17, 15) is 0 Å². The summed E-state index contributed by atoms with van der Waals surface area (Å²) in [5.41, 5.74) is 1.84. The third-order valence-corrected chi connectivity index (χ3v) is 5.47. The molecule has 1 heteroatoms. The Morgan fingerprint density at radius 3 is 2.62 bits per heavy atom. The zero-order valence-electron chi connectivity index (χ0n) is 10.8. The molecule has 1 heterocycles. The molecule has 2 aliphatic carbocycles. The Bertz CT molecular complexity index is 311. The van der Waals surface area contributed by atoms with Crippen molar-refractivity contribution in [1.29, 1.82) is 0 Å². The molecule has 16 heavy (non-hydrogen) atoms. The number of fused-ring (bicyclic) bond motifs is 3. The van der Waals surface area contributed by atoms with Crippen LogP contribution in [0.15, 0.2) is 11.6 Å². The monoisotopic (exact) mass is 220 g/mol. The summed E-state index contributed by atoms with van der Waals surface area (Å²) in [4.78, 5) is 0. The van der Waals surface area contributed by atoms with Crippen molar-refractivity contribution in [2.45, 2.75) is 52.1 Å². The van der Waals surface area contributed by atoms with Crippen LogP contribution in [0.4, 0.5) is 0 Å². The second-order valence-electron chi connectivity index (χ2n) is 6.35. The van der Waals surface area contributed by atoms with Crippen molar-refractivity contribution in [2.24, 2.45) is 23.7 Å². The van der Waals surface area contributed by atoms with Gasteiger partial charge in [0.15, 0.2) is 0 Å². The fourth-order valence-corrected chi connectivity index (χ4v) is 4.76. The highest BCUT2D eigenvalue weighted by Gasteiger charge is 2.52. The standard InChI is InChI=1S/C15H24O/c1-10-8-11(2)14-12(3)13(10)9-16-15(14)6-4-5-7-15/h8,10,12-14H,4-7,9H2,1-3H3/t10-,12-,13+,14+/m0/s1. The fourth-order valence-electron chi connectivity index (χ4n) is 4.76. The predicted octanol–water partition coefficient (Wildman–Crippen LogP) is 3.79. The summed E-state index contributed by atoms with van der Waals surface area (Å²) in [6, 6.07) is 0. The predicted molar refractivity (Wildman–Crippen MR) is 66.2 cm³/mol. The van der Waals surface area contributed by atoms with E-state index >= 15 is 0 Å². The van der Waals surface area contributed by atoms with Crippen LogP contribution in [0.25, 0.3) is 0 Å². The summed E-state index contributed by atoms with van der Waals surface area (Å²) in [5.74, 6) is 3.02. The van der Waals surface area contributed by atoms with Crippen molar-refractivity contribution in [3.8, 4) is 0 Å². The van der Waals surface area contributed by atoms with E-state index in [1.807, 2.05) is 0 Å². The van der Waals surface area contributed by atoms with Gasteiger partial charge in [0.05, 0.1) is 12.2 Å². The molecule has 3 rings (SSSR count). The molecule has 1 nitrogen and oxygen atoms in total. The summed E-state index contributed by atoms with van der Waals surface area (Å²) in [7, 11) is 0. The Kier molecular flexibility index (Phi) is 2.43. The lowest BCUT2D eigenvalue weighted by atomic mass is 9.61. The summed E-state index contributed by atoms with van der Waals surface area (Å²) in [6.45, 7) is 8.16. The Morgan fingerprint density at radius 2 is 1.94 bits per heavy atom. The minimum Gasteiger partial charge on any atom is -0.374 e. The third kappa shape index (κ3) is 1.33. The van der Waals surface area contributed by atoms with E-state index in [0.717, 1.165) is 18.4 Å². The molecule has 0 N–H and O–H groups in total. The molecule has 0 aromatic rings. The van der Waals surface area contributed by atoms with Crippen molar-refractivity contribution < 1.29 is 4.74 Å². The Labute approximate surface area is 99.3 Å². The second-order valence-corrected chi connectivity index (χ2v) is 6.35. The number of allylic oxidation sites excluding steroid dienone is 1. The van der Waals surface area contributed by atoms with Crippen molar-refractivity contribution >= 4 is 0 Å². The van der Waals surface area contributed by atoms with E-state index < -0.39 is 0 Å². The van der Waals surface area contributed by atoms with Crippen LogP contribution < -0.4 is 0 Å². The molecule has 2 bridgehead atoms. The lowest BCUT2D eigenvalue weighted by Gasteiger charge is -2.53. The topological polar surface area (TPSA) is 9.23 Å². The summed E-state index contributed by atoms with van der Waals surface area (Å²) in [6.07, 6.45) is 7.87. The maximum atomic E-state index is 6.36. The minimum absolute atomic E-state index is 0.233. The van der Waals surface area contributed by atoms with Crippen LogP contribution >= 0.6 is 0 Å². The number of ether oxygens (including phenoxy) is 1. The number of rotatable bonds is 0.